The molecule has 2 N–H and O–H groups in total. The van der Waals surface area contributed by atoms with Crippen molar-refractivity contribution in [2.24, 2.45) is 11.3 Å². The molecule has 1 atom stereocenters. The first kappa shape index (κ1) is 16.0. The molecule has 110 valence electrons. The molecule has 0 bridgehead atoms. The number of unbranched alkanes of at least 4 members (excludes halogenated alkanes) is 1. The van der Waals surface area contributed by atoms with Gasteiger partial charge in [0.05, 0.1) is 0 Å². The van der Waals surface area contributed by atoms with Crippen LogP contribution in [-0.4, -0.2) is 23.0 Å². The van der Waals surface area contributed by atoms with Crippen LogP contribution in [0.15, 0.2) is 0 Å². The third-order valence-electron chi connectivity index (χ3n) is 4.04. The first-order valence-electron chi connectivity index (χ1n) is 7.45. The van der Waals surface area contributed by atoms with Crippen molar-refractivity contribution < 1.29 is 14.7 Å². The Morgan fingerprint density at radius 2 is 1.95 bits per heavy atom. The summed E-state index contributed by atoms with van der Waals surface area (Å²) >= 11 is 0. The van der Waals surface area contributed by atoms with Gasteiger partial charge in [0, 0.05) is 5.41 Å². The number of carbonyl (C=O) groups excluding carboxylic acids is 1. The quantitative estimate of drug-likeness (QED) is 0.712. The van der Waals surface area contributed by atoms with Crippen molar-refractivity contribution in [1.29, 1.82) is 0 Å². The first-order valence-corrected chi connectivity index (χ1v) is 7.45. The Morgan fingerprint density at radius 3 is 2.32 bits per heavy atom. The van der Waals surface area contributed by atoms with E-state index in [0.717, 1.165) is 38.5 Å². The fourth-order valence-electron chi connectivity index (χ4n) is 2.89. The SMILES string of the molecule is CCCC[C@H](NC(=O)C1(CC(C)C)CCC1)C(=O)O. The van der Waals surface area contributed by atoms with Gasteiger partial charge in [-0.25, -0.2) is 4.79 Å². The average molecular weight is 269 g/mol. The molecule has 0 aliphatic heterocycles. The number of carboxylic acid groups (broad SMARTS) is 1. The summed E-state index contributed by atoms with van der Waals surface area (Å²) in [6.45, 7) is 6.24. The van der Waals surface area contributed by atoms with E-state index >= 15 is 0 Å². The van der Waals surface area contributed by atoms with Gasteiger partial charge in [0.25, 0.3) is 0 Å². The minimum Gasteiger partial charge on any atom is -0.480 e. The summed E-state index contributed by atoms with van der Waals surface area (Å²) in [4.78, 5) is 23.6. The van der Waals surface area contributed by atoms with Gasteiger partial charge in [-0.15, -0.1) is 0 Å². The third-order valence-corrected chi connectivity index (χ3v) is 4.04. The van der Waals surface area contributed by atoms with Crippen molar-refractivity contribution in [2.45, 2.75) is 71.8 Å². The smallest absolute Gasteiger partial charge is 0.326 e. The second-order valence-electron chi connectivity index (χ2n) is 6.24. The maximum absolute atomic E-state index is 12.4. The Kier molecular flexibility index (Phi) is 5.83. The molecule has 4 heteroatoms. The van der Waals surface area contributed by atoms with Gasteiger partial charge in [-0.2, -0.15) is 0 Å². The van der Waals surface area contributed by atoms with E-state index in [1.54, 1.807) is 0 Å². The van der Waals surface area contributed by atoms with Crippen LogP contribution in [0.1, 0.15) is 65.7 Å². The molecule has 0 unspecified atom stereocenters. The number of hydrogen-bond donors (Lipinski definition) is 2. The fraction of sp³-hybridized carbons (Fsp3) is 0.867. The maximum Gasteiger partial charge on any atom is 0.326 e. The Hall–Kier alpha value is -1.06. The van der Waals surface area contributed by atoms with E-state index in [9.17, 15) is 14.7 Å². The van der Waals surface area contributed by atoms with Crippen LogP contribution in [0.5, 0.6) is 0 Å². The number of nitrogens with one attached hydrogen (secondary N) is 1. The number of rotatable bonds is 8. The number of hydrogen-bond acceptors (Lipinski definition) is 2. The monoisotopic (exact) mass is 269 g/mol. The van der Waals surface area contributed by atoms with Gasteiger partial charge >= 0.3 is 5.97 Å². The minimum absolute atomic E-state index is 0.0454. The van der Waals surface area contributed by atoms with Crippen LogP contribution >= 0.6 is 0 Å². The predicted molar refractivity (Wildman–Crippen MR) is 74.8 cm³/mol. The van der Waals surface area contributed by atoms with E-state index in [-0.39, 0.29) is 11.3 Å². The number of carboxylic acids is 1. The molecule has 0 saturated heterocycles. The zero-order valence-corrected chi connectivity index (χ0v) is 12.4. The number of aliphatic carboxylic acids is 1. The molecule has 4 nitrogen and oxygen atoms in total. The Bertz CT molecular complexity index is 321. The summed E-state index contributed by atoms with van der Waals surface area (Å²) in [5, 5.41) is 11.9. The first-order chi connectivity index (χ1) is 8.91. The van der Waals surface area contributed by atoms with Crippen LogP contribution in [0, 0.1) is 11.3 Å². The van der Waals surface area contributed by atoms with Crippen molar-refractivity contribution in [2.75, 3.05) is 0 Å². The second kappa shape index (κ2) is 6.92. The summed E-state index contributed by atoms with van der Waals surface area (Å²) in [5.41, 5.74) is -0.298. The Balaban J connectivity index is 2.61. The molecule has 19 heavy (non-hydrogen) atoms. The van der Waals surface area contributed by atoms with Gasteiger partial charge in [-0.3, -0.25) is 4.79 Å². The predicted octanol–water partition coefficient (Wildman–Crippen LogP) is 2.96. The van der Waals surface area contributed by atoms with Gasteiger partial charge in [0.15, 0.2) is 0 Å². The molecule has 0 spiro atoms. The molecule has 0 aromatic heterocycles. The lowest BCUT2D eigenvalue weighted by Gasteiger charge is -2.42. The van der Waals surface area contributed by atoms with Crippen LogP contribution in [0.25, 0.3) is 0 Å². The molecule has 0 aromatic carbocycles. The lowest BCUT2D eigenvalue weighted by atomic mass is 9.64. The molecule has 1 fully saturated rings. The van der Waals surface area contributed by atoms with Crippen molar-refractivity contribution in [3.8, 4) is 0 Å². The summed E-state index contributed by atoms with van der Waals surface area (Å²) in [7, 11) is 0. The topological polar surface area (TPSA) is 66.4 Å². The molecule has 0 radical (unpaired) electrons. The average Bonchev–Trinajstić information content (AvgIpc) is 2.28. The highest BCUT2D eigenvalue weighted by molar-refractivity contribution is 5.88. The molecule has 1 rings (SSSR count). The van der Waals surface area contributed by atoms with Crippen LogP contribution in [-0.2, 0) is 9.59 Å². The molecule has 1 amide bonds. The van der Waals surface area contributed by atoms with E-state index in [1.807, 2.05) is 6.92 Å². The van der Waals surface area contributed by atoms with Gasteiger partial charge in [-0.1, -0.05) is 40.0 Å². The van der Waals surface area contributed by atoms with Crippen molar-refractivity contribution in [3.63, 3.8) is 0 Å². The second-order valence-corrected chi connectivity index (χ2v) is 6.24. The largest absolute Gasteiger partial charge is 0.480 e. The molecule has 0 aromatic rings. The van der Waals surface area contributed by atoms with E-state index in [0.29, 0.717) is 12.3 Å². The van der Waals surface area contributed by atoms with Crippen molar-refractivity contribution in [1.82, 2.24) is 5.32 Å². The number of carbonyl (C=O) groups is 2. The summed E-state index contributed by atoms with van der Waals surface area (Å²) in [5.74, 6) is -0.498. The van der Waals surface area contributed by atoms with Crippen LogP contribution in [0.3, 0.4) is 0 Å². The van der Waals surface area contributed by atoms with Crippen molar-refractivity contribution >= 4 is 11.9 Å². The van der Waals surface area contributed by atoms with Crippen LogP contribution < -0.4 is 5.32 Å². The number of amides is 1. The van der Waals surface area contributed by atoms with Gasteiger partial charge in [0.1, 0.15) is 6.04 Å². The normalized spacial score (nSPS) is 18.7. The third kappa shape index (κ3) is 4.22. The van der Waals surface area contributed by atoms with E-state index in [4.69, 9.17) is 0 Å². The maximum atomic E-state index is 12.4. The van der Waals surface area contributed by atoms with Crippen LogP contribution in [0.4, 0.5) is 0 Å². The summed E-state index contributed by atoms with van der Waals surface area (Å²) in [6, 6.07) is -0.725. The van der Waals surface area contributed by atoms with E-state index < -0.39 is 12.0 Å². The summed E-state index contributed by atoms with van der Waals surface area (Å²) < 4.78 is 0. The molecule has 1 aliphatic rings. The Labute approximate surface area is 116 Å². The van der Waals surface area contributed by atoms with Gasteiger partial charge < -0.3 is 10.4 Å². The lowest BCUT2D eigenvalue weighted by molar-refractivity contribution is -0.146. The Morgan fingerprint density at radius 1 is 1.32 bits per heavy atom. The van der Waals surface area contributed by atoms with Crippen molar-refractivity contribution in [3.05, 3.63) is 0 Å². The van der Waals surface area contributed by atoms with E-state index in [1.165, 1.54) is 0 Å². The molecule has 1 aliphatic carbocycles. The molecular formula is C15H27NO3. The molecule has 1 saturated carbocycles. The highest BCUT2D eigenvalue weighted by Crippen LogP contribution is 2.46. The zero-order valence-electron chi connectivity index (χ0n) is 12.4. The highest BCUT2D eigenvalue weighted by atomic mass is 16.4. The van der Waals surface area contributed by atoms with Crippen LogP contribution in [0.2, 0.25) is 0 Å². The minimum atomic E-state index is -0.916. The van der Waals surface area contributed by atoms with E-state index in [2.05, 4.69) is 19.2 Å². The fourth-order valence-corrected chi connectivity index (χ4v) is 2.89. The molecule has 0 heterocycles. The zero-order chi connectivity index (χ0) is 14.5. The summed E-state index contributed by atoms with van der Waals surface area (Å²) in [6.07, 6.45) is 6.03. The molecular weight excluding hydrogens is 242 g/mol. The highest BCUT2D eigenvalue weighted by Gasteiger charge is 2.45. The van der Waals surface area contributed by atoms with Gasteiger partial charge in [-0.05, 0) is 31.6 Å². The standard InChI is InChI=1S/C15H27NO3/c1-4-5-7-12(13(17)18)16-14(19)15(8-6-9-15)10-11(2)3/h11-12H,4-10H2,1-3H3,(H,16,19)(H,17,18)/t12-/m0/s1. The van der Waals surface area contributed by atoms with Gasteiger partial charge in [0.2, 0.25) is 5.91 Å². The lowest BCUT2D eigenvalue weighted by Crippen LogP contribution is -2.51.